The zero-order valence-corrected chi connectivity index (χ0v) is 11.8. The Bertz CT molecular complexity index is 626. The molecule has 0 saturated heterocycles. The zero-order chi connectivity index (χ0) is 15.2. The van der Waals surface area contributed by atoms with E-state index in [-0.39, 0.29) is 11.4 Å². The van der Waals surface area contributed by atoms with Crippen LogP contribution in [0.25, 0.3) is 11.5 Å². The Hall–Kier alpha value is -2.48. The summed E-state index contributed by atoms with van der Waals surface area (Å²) < 4.78 is 10.5. The Kier molecular flexibility index (Phi) is 4.83. The standard InChI is InChI=1S/C13H16N4O4/c1-3-14-7-6-12-15-16-13(21-12)9-4-5-10(17(18)19)11(8-9)20-2/h4-5,8,14H,3,6-7H2,1-2H3. The van der Waals surface area contributed by atoms with Gasteiger partial charge in [-0.2, -0.15) is 0 Å². The molecule has 1 aromatic carbocycles. The Labute approximate surface area is 121 Å². The quantitative estimate of drug-likeness (QED) is 0.471. The van der Waals surface area contributed by atoms with Gasteiger partial charge in [-0.25, -0.2) is 0 Å². The Morgan fingerprint density at radius 1 is 1.43 bits per heavy atom. The molecule has 0 aliphatic carbocycles. The van der Waals surface area contributed by atoms with Crippen molar-refractivity contribution in [2.45, 2.75) is 13.3 Å². The van der Waals surface area contributed by atoms with Crippen LogP contribution in [-0.4, -0.2) is 35.3 Å². The second kappa shape index (κ2) is 6.80. The summed E-state index contributed by atoms with van der Waals surface area (Å²) in [5.41, 5.74) is 0.479. The van der Waals surface area contributed by atoms with Crippen molar-refractivity contribution in [3.05, 3.63) is 34.2 Å². The van der Waals surface area contributed by atoms with Crippen molar-refractivity contribution in [1.82, 2.24) is 15.5 Å². The molecule has 0 aliphatic rings. The topological polar surface area (TPSA) is 103 Å². The van der Waals surface area contributed by atoms with Crippen LogP contribution in [0.1, 0.15) is 12.8 Å². The fraction of sp³-hybridized carbons (Fsp3) is 0.385. The van der Waals surface area contributed by atoms with Crippen LogP contribution in [0.15, 0.2) is 22.6 Å². The molecule has 2 rings (SSSR count). The lowest BCUT2D eigenvalue weighted by Gasteiger charge is -2.02. The third kappa shape index (κ3) is 3.54. The lowest BCUT2D eigenvalue weighted by atomic mass is 10.2. The van der Waals surface area contributed by atoms with E-state index < -0.39 is 4.92 Å². The number of aromatic nitrogens is 2. The molecule has 0 unspecified atom stereocenters. The van der Waals surface area contributed by atoms with Crippen LogP contribution in [0, 0.1) is 10.1 Å². The second-order valence-corrected chi connectivity index (χ2v) is 4.25. The Morgan fingerprint density at radius 2 is 2.24 bits per heavy atom. The van der Waals surface area contributed by atoms with Crippen molar-refractivity contribution < 1.29 is 14.1 Å². The fourth-order valence-corrected chi connectivity index (χ4v) is 1.80. The van der Waals surface area contributed by atoms with E-state index in [4.69, 9.17) is 9.15 Å². The number of benzene rings is 1. The van der Waals surface area contributed by atoms with Gasteiger partial charge in [-0.3, -0.25) is 10.1 Å². The van der Waals surface area contributed by atoms with Gasteiger partial charge < -0.3 is 14.5 Å². The van der Waals surface area contributed by atoms with Gasteiger partial charge in [-0.1, -0.05) is 6.92 Å². The number of methoxy groups -OCH3 is 1. The smallest absolute Gasteiger partial charge is 0.310 e. The highest BCUT2D eigenvalue weighted by atomic mass is 16.6. The van der Waals surface area contributed by atoms with Crippen LogP contribution < -0.4 is 10.1 Å². The molecule has 8 nitrogen and oxygen atoms in total. The third-order valence-electron chi connectivity index (χ3n) is 2.86. The minimum Gasteiger partial charge on any atom is -0.490 e. The molecule has 0 atom stereocenters. The Balaban J connectivity index is 2.20. The number of rotatable bonds is 7. The first-order valence-corrected chi connectivity index (χ1v) is 6.51. The van der Waals surface area contributed by atoms with Gasteiger partial charge in [-0.15, -0.1) is 10.2 Å². The molecular formula is C13H16N4O4. The van der Waals surface area contributed by atoms with Crippen LogP contribution in [0.4, 0.5) is 5.69 Å². The van der Waals surface area contributed by atoms with E-state index >= 15 is 0 Å². The fourth-order valence-electron chi connectivity index (χ4n) is 1.80. The van der Waals surface area contributed by atoms with E-state index in [9.17, 15) is 10.1 Å². The number of nitro groups is 1. The summed E-state index contributed by atoms with van der Waals surface area (Å²) in [7, 11) is 1.38. The van der Waals surface area contributed by atoms with Crippen molar-refractivity contribution >= 4 is 5.69 Å². The van der Waals surface area contributed by atoms with Crippen LogP contribution in [0.2, 0.25) is 0 Å². The van der Waals surface area contributed by atoms with Gasteiger partial charge in [0.2, 0.25) is 11.8 Å². The van der Waals surface area contributed by atoms with Gasteiger partial charge >= 0.3 is 5.69 Å². The summed E-state index contributed by atoms with van der Waals surface area (Å²) >= 11 is 0. The first kappa shape index (κ1) is 14.9. The molecule has 8 heteroatoms. The van der Waals surface area contributed by atoms with Gasteiger partial charge in [0.1, 0.15) is 0 Å². The van der Waals surface area contributed by atoms with Crippen molar-refractivity contribution in [2.75, 3.05) is 20.2 Å². The number of nitro benzene ring substituents is 1. The summed E-state index contributed by atoms with van der Waals surface area (Å²) in [6.07, 6.45) is 0.630. The van der Waals surface area contributed by atoms with Crippen molar-refractivity contribution in [3.8, 4) is 17.2 Å². The maximum absolute atomic E-state index is 10.8. The average Bonchev–Trinajstić information content (AvgIpc) is 2.95. The second-order valence-electron chi connectivity index (χ2n) is 4.25. The van der Waals surface area contributed by atoms with E-state index in [1.54, 1.807) is 6.07 Å². The molecule has 1 N–H and O–H groups in total. The summed E-state index contributed by atoms with van der Waals surface area (Å²) in [5, 5.41) is 21.9. The first-order valence-electron chi connectivity index (χ1n) is 6.51. The lowest BCUT2D eigenvalue weighted by Crippen LogP contribution is -2.16. The first-order chi connectivity index (χ1) is 10.2. The molecular weight excluding hydrogens is 276 g/mol. The molecule has 0 bridgehead atoms. The summed E-state index contributed by atoms with van der Waals surface area (Å²) in [6, 6.07) is 4.43. The number of ether oxygens (including phenoxy) is 1. The zero-order valence-electron chi connectivity index (χ0n) is 11.8. The van der Waals surface area contributed by atoms with Crippen LogP contribution >= 0.6 is 0 Å². The van der Waals surface area contributed by atoms with E-state index in [2.05, 4.69) is 15.5 Å². The molecule has 112 valence electrons. The maximum atomic E-state index is 10.8. The molecule has 2 aromatic rings. The van der Waals surface area contributed by atoms with Gasteiger partial charge in [0, 0.05) is 30.7 Å². The highest BCUT2D eigenvalue weighted by Crippen LogP contribution is 2.31. The minimum absolute atomic E-state index is 0.104. The van der Waals surface area contributed by atoms with Crippen molar-refractivity contribution in [2.24, 2.45) is 0 Å². The van der Waals surface area contributed by atoms with Gasteiger partial charge in [0.25, 0.3) is 0 Å². The highest BCUT2D eigenvalue weighted by Gasteiger charge is 2.17. The molecule has 1 heterocycles. The molecule has 1 aromatic heterocycles. The lowest BCUT2D eigenvalue weighted by molar-refractivity contribution is -0.385. The SMILES string of the molecule is CCNCCc1nnc(-c2ccc([N+](=O)[O-])c(OC)c2)o1. The van der Waals surface area contributed by atoms with Crippen molar-refractivity contribution in [1.29, 1.82) is 0 Å². The number of likely N-dealkylation sites (N-methyl/N-ethyl adjacent to an activating group) is 1. The van der Waals surface area contributed by atoms with E-state index in [0.29, 0.717) is 23.8 Å². The van der Waals surface area contributed by atoms with E-state index in [0.717, 1.165) is 13.1 Å². The Morgan fingerprint density at radius 3 is 2.90 bits per heavy atom. The monoisotopic (exact) mass is 292 g/mol. The summed E-state index contributed by atoms with van der Waals surface area (Å²) in [4.78, 5) is 10.3. The predicted molar refractivity (Wildman–Crippen MR) is 75.2 cm³/mol. The average molecular weight is 292 g/mol. The largest absolute Gasteiger partial charge is 0.490 e. The summed E-state index contributed by atoms with van der Waals surface area (Å²) in [5.74, 6) is 0.989. The van der Waals surface area contributed by atoms with E-state index in [1.807, 2.05) is 6.92 Å². The molecule has 21 heavy (non-hydrogen) atoms. The predicted octanol–water partition coefficient (Wildman–Crippen LogP) is 1.81. The molecule has 0 aliphatic heterocycles. The normalized spacial score (nSPS) is 10.6. The maximum Gasteiger partial charge on any atom is 0.310 e. The third-order valence-corrected chi connectivity index (χ3v) is 2.86. The van der Waals surface area contributed by atoms with E-state index in [1.165, 1.54) is 19.2 Å². The van der Waals surface area contributed by atoms with Crippen LogP contribution in [0.3, 0.4) is 0 Å². The highest BCUT2D eigenvalue weighted by molar-refractivity contribution is 5.61. The molecule has 0 saturated carbocycles. The molecule has 0 fully saturated rings. The number of nitrogens with zero attached hydrogens (tertiary/aromatic N) is 3. The van der Waals surface area contributed by atoms with Crippen LogP contribution in [0.5, 0.6) is 5.75 Å². The van der Waals surface area contributed by atoms with Crippen molar-refractivity contribution in [3.63, 3.8) is 0 Å². The minimum atomic E-state index is -0.502. The van der Waals surface area contributed by atoms with Gasteiger partial charge in [0.15, 0.2) is 5.75 Å². The molecule has 0 amide bonds. The van der Waals surface area contributed by atoms with Gasteiger partial charge in [0.05, 0.1) is 12.0 Å². The van der Waals surface area contributed by atoms with Crippen LogP contribution in [-0.2, 0) is 6.42 Å². The molecule has 0 radical (unpaired) electrons. The summed E-state index contributed by atoms with van der Waals surface area (Å²) in [6.45, 7) is 3.64. The number of nitrogens with one attached hydrogen (secondary N) is 1. The number of hydrogen-bond donors (Lipinski definition) is 1. The van der Waals surface area contributed by atoms with Gasteiger partial charge in [-0.05, 0) is 12.6 Å². The number of hydrogen-bond acceptors (Lipinski definition) is 7. The molecule has 0 spiro atoms.